The van der Waals surface area contributed by atoms with Gasteiger partial charge in [0.1, 0.15) is 11.0 Å². The van der Waals surface area contributed by atoms with Crippen LogP contribution in [0.2, 0.25) is 0 Å². The molecule has 3 N–H and O–H groups in total. The van der Waals surface area contributed by atoms with Crippen LogP contribution < -0.4 is 0 Å². The van der Waals surface area contributed by atoms with Crippen LogP contribution in [0.4, 0.5) is 0 Å². The number of hydrogen-bond donors (Lipinski definition) is 3. The summed E-state index contributed by atoms with van der Waals surface area (Å²) < 4.78 is 11.0. The van der Waals surface area contributed by atoms with Gasteiger partial charge in [0.2, 0.25) is 0 Å². The SMILES string of the molecule is C=C1C(O)[C@]23C[C@@]1(O)CC[C@H]2[C@@]12C=C[C@H](O)[C@@](C)(C(=O)O1)C2[C@@H]3C(=O)OC. The maximum Gasteiger partial charge on any atom is 0.316 e. The summed E-state index contributed by atoms with van der Waals surface area (Å²) >= 11 is 0. The first-order valence-corrected chi connectivity index (χ1v) is 9.38. The Hall–Kier alpha value is -1.70. The lowest BCUT2D eigenvalue weighted by Gasteiger charge is -2.45. The highest BCUT2D eigenvalue weighted by Crippen LogP contribution is 2.77. The number of carbonyl (C=O) groups is 2. The van der Waals surface area contributed by atoms with Crippen LogP contribution in [0, 0.1) is 28.6 Å². The molecule has 1 spiro atoms. The number of hydrogen-bond acceptors (Lipinski definition) is 7. The molecule has 0 aromatic rings. The van der Waals surface area contributed by atoms with Crippen molar-refractivity contribution in [3.63, 3.8) is 0 Å². The molecule has 27 heavy (non-hydrogen) atoms. The van der Waals surface area contributed by atoms with E-state index in [2.05, 4.69) is 6.58 Å². The lowest BCUT2D eigenvalue weighted by Crippen LogP contribution is -2.52. The largest absolute Gasteiger partial charge is 0.469 e. The van der Waals surface area contributed by atoms with Crippen molar-refractivity contribution in [3.8, 4) is 0 Å². The Morgan fingerprint density at radius 3 is 2.78 bits per heavy atom. The molecule has 146 valence electrons. The molecule has 5 rings (SSSR count). The van der Waals surface area contributed by atoms with Gasteiger partial charge in [-0.2, -0.15) is 0 Å². The predicted octanol–water partition coefficient (Wildman–Crippen LogP) is 0.0863. The van der Waals surface area contributed by atoms with Gasteiger partial charge in [-0.3, -0.25) is 9.59 Å². The van der Waals surface area contributed by atoms with E-state index in [-0.39, 0.29) is 12.3 Å². The van der Waals surface area contributed by atoms with E-state index in [1.54, 1.807) is 19.1 Å². The molecule has 0 aromatic heterocycles. The van der Waals surface area contributed by atoms with Crippen LogP contribution in [-0.2, 0) is 19.1 Å². The van der Waals surface area contributed by atoms with Crippen LogP contribution in [0.15, 0.2) is 24.3 Å². The van der Waals surface area contributed by atoms with Gasteiger partial charge in [0.25, 0.3) is 0 Å². The molecule has 9 atom stereocenters. The predicted molar refractivity (Wildman–Crippen MR) is 90.9 cm³/mol. The molecule has 1 aliphatic heterocycles. The highest BCUT2D eigenvalue weighted by atomic mass is 16.6. The van der Waals surface area contributed by atoms with Gasteiger partial charge in [0, 0.05) is 17.3 Å². The number of ether oxygens (including phenoxy) is 2. The van der Waals surface area contributed by atoms with Gasteiger partial charge in [-0.05, 0) is 37.8 Å². The molecule has 2 unspecified atom stereocenters. The van der Waals surface area contributed by atoms with Crippen molar-refractivity contribution in [3.05, 3.63) is 24.3 Å². The number of carbonyl (C=O) groups excluding carboxylic acids is 2. The summed E-state index contributed by atoms with van der Waals surface area (Å²) in [5.74, 6) is -3.05. The molecule has 5 aliphatic rings. The molecule has 7 heteroatoms. The summed E-state index contributed by atoms with van der Waals surface area (Å²) in [6, 6.07) is 0. The van der Waals surface area contributed by atoms with Gasteiger partial charge in [0.05, 0.1) is 30.8 Å². The summed E-state index contributed by atoms with van der Waals surface area (Å²) in [5.41, 5.74) is -4.40. The number of esters is 2. The van der Waals surface area contributed by atoms with E-state index < -0.39 is 58.0 Å². The van der Waals surface area contributed by atoms with E-state index in [9.17, 15) is 24.9 Å². The molecule has 0 radical (unpaired) electrons. The Morgan fingerprint density at radius 1 is 1.41 bits per heavy atom. The highest BCUT2D eigenvalue weighted by molar-refractivity contribution is 5.87. The van der Waals surface area contributed by atoms with E-state index >= 15 is 0 Å². The van der Waals surface area contributed by atoms with E-state index in [4.69, 9.17) is 9.47 Å². The lowest BCUT2D eigenvalue weighted by atomic mass is 9.60. The second-order valence-electron chi connectivity index (χ2n) is 9.15. The normalized spacial score (nSPS) is 57.3. The van der Waals surface area contributed by atoms with Gasteiger partial charge in [-0.1, -0.05) is 12.7 Å². The molecule has 1 heterocycles. The van der Waals surface area contributed by atoms with Crippen molar-refractivity contribution in [2.24, 2.45) is 28.6 Å². The lowest BCUT2D eigenvalue weighted by molar-refractivity contribution is -0.169. The summed E-state index contributed by atoms with van der Waals surface area (Å²) in [4.78, 5) is 25.9. The quantitative estimate of drug-likeness (QED) is 0.439. The van der Waals surface area contributed by atoms with Crippen molar-refractivity contribution >= 4 is 11.9 Å². The van der Waals surface area contributed by atoms with Gasteiger partial charge in [0.15, 0.2) is 0 Å². The van der Waals surface area contributed by atoms with Gasteiger partial charge >= 0.3 is 11.9 Å². The number of rotatable bonds is 1. The molecule has 0 amide bonds. The number of aliphatic hydroxyl groups excluding tert-OH is 2. The number of aliphatic hydroxyl groups is 3. The minimum absolute atomic E-state index is 0.167. The van der Waals surface area contributed by atoms with Crippen LogP contribution in [0.5, 0.6) is 0 Å². The maximum atomic E-state index is 13.0. The highest BCUT2D eigenvalue weighted by Gasteiger charge is 2.85. The van der Waals surface area contributed by atoms with E-state index in [0.717, 1.165) is 0 Å². The van der Waals surface area contributed by atoms with Crippen LogP contribution in [0.1, 0.15) is 26.2 Å². The molecule has 4 fully saturated rings. The Balaban J connectivity index is 1.81. The molecule has 1 saturated heterocycles. The molecule has 4 bridgehead atoms. The van der Waals surface area contributed by atoms with Crippen LogP contribution >= 0.6 is 0 Å². The summed E-state index contributed by atoms with van der Waals surface area (Å²) in [5, 5.41) is 32.9. The Bertz CT molecular complexity index is 819. The zero-order valence-corrected chi connectivity index (χ0v) is 15.3. The van der Waals surface area contributed by atoms with Crippen LogP contribution in [-0.4, -0.2) is 57.8 Å². The van der Waals surface area contributed by atoms with Gasteiger partial charge in [-0.15, -0.1) is 0 Å². The van der Waals surface area contributed by atoms with Crippen molar-refractivity contribution in [1.29, 1.82) is 0 Å². The topological polar surface area (TPSA) is 113 Å². The fraction of sp³-hybridized carbons (Fsp3) is 0.700. The average molecular weight is 376 g/mol. The standard InChI is InChI=1S/C20H24O7/c1-9-14(22)19-8-18(9,25)6-4-10(19)20-7-5-11(21)17(2,16(24)27-20)13(20)12(19)15(23)26-3/h5,7,10-14,21-22,25H,1,4,6,8H2,2-3H3/t10-,11+,12-,13?,14?,17-,18+,19-,20-/m1/s1. The Labute approximate surface area is 156 Å². The van der Waals surface area contributed by atoms with E-state index in [0.29, 0.717) is 18.4 Å². The molecular weight excluding hydrogens is 352 g/mol. The van der Waals surface area contributed by atoms with Crippen molar-refractivity contribution in [2.45, 2.75) is 49.6 Å². The van der Waals surface area contributed by atoms with E-state index in [1.165, 1.54) is 7.11 Å². The summed E-state index contributed by atoms with van der Waals surface area (Å²) in [6.45, 7) is 5.53. The van der Waals surface area contributed by atoms with Crippen molar-refractivity contribution < 1.29 is 34.4 Å². The minimum atomic E-state index is -1.32. The molecular formula is C20H24O7. The molecule has 3 saturated carbocycles. The summed E-state index contributed by atoms with van der Waals surface area (Å²) in [6.07, 6.45) is 2.06. The first-order valence-electron chi connectivity index (χ1n) is 9.38. The average Bonchev–Trinajstić information content (AvgIpc) is 3.04. The third kappa shape index (κ3) is 1.52. The summed E-state index contributed by atoms with van der Waals surface area (Å²) in [7, 11) is 1.27. The maximum absolute atomic E-state index is 13.0. The van der Waals surface area contributed by atoms with Gasteiger partial charge < -0.3 is 24.8 Å². The second kappa shape index (κ2) is 4.64. The smallest absolute Gasteiger partial charge is 0.316 e. The molecule has 0 aromatic carbocycles. The molecule has 7 nitrogen and oxygen atoms in total. The minimum Gasteiger partial charge on any atom is -0.469 e. The van der Waals surface area contributed by atoms with Crippen molar-refractivity contribution in [2.75, 3.05) is 7.11 Å². The first kappa shape index (κ1) is 17.4. The zero-order valence-electron chi connectivity index (χ0n) is 15.3. The van der Waals surface area contributed by atoms with Crippen molar-refractivity contribution in [1.82, 2.24) is 0 Å². The third-order valence-corrected chi connectivity index (χ3v) is 8.44. The van der Waals surface area contributed by atoms with Crippen LogP contribution in [0.3, 0.4) is 0 Å². The van der Waals surface area contributed by atoms with Gasteiger partial charge in [-0.25, -0.2) is 0 Å². The first-order chi connectivity index (χ1) is 12.6. The second-order valence-corrected chi connectivity index (χ2v) is 9.15. The van der Waals surface area contributed by atoms with Crippen LogP contribution in [0.25, 0.3) is 0 Å². The number of methoxy groups -OCH3 is 1. The Kier molecular flexibility index (Phi) is 2.99. The monoisotopic (exact) mass is 376 g/mol. The molecule has 4 aliphatic carbocycles. The Morgan fingerprint density at radius 2 is 2.11 bits per heavy atom. The fourth-order valence-corrected chi connectivity index (χ4v) is 7.27. The zero-order chi connectivity index (χ0) is 19.6. The number of fused-ring (bicyclic) bond motifs is 1. The third-order valence-electron chi connectivity index (χ3n) is 8.44. The van der Waals surface area contributed by atoms with E-state index in [1.807, 2.05) is 0 Å². The fourth-order valence-electron chi connectivity index (χ4n) is 7.27.